The molecule has 0 aliphatic heterocycles. The van der Waals surface area contributed by atoms with E-state index in [9.17, 15) is 9.59 Å². The van der Waals surface area contributed by atoms with E-state index in [0.29, 0.717) is 17.6 Å². The zero-order chi connectivity index (χ0) is 16.4. The Balaban J connectivity index is 2.08. The van der Waals surface area contributed by atoms with Crippen LogP contribution in [0.25, 0.3) is 10.8 Å². The summed E-state index contributed by atoms with van der Waals surface area (Å²) in [4.78, 5) is 27.7. The number of pyridine rings is 1. The number of fused-ring (bicyclic) bond motifs is 1. The second-order valence-corrected chi connectivity index (χ2v) is 6.04. The zero-order valence-corrected chi connectivity index (χ0v) is 13.7. The number of carbonyl (C=O) groups excluding carboxylic acids is 1. The van der Waals surface area contributed by atoms with Crippen molar-refractivity contribution in [3.8, 4) is 0 Å². The van der Waals surface area contributed by atoms with Crippen LogP contribution in [0.4, 0.5) is 10.5 Å². The van der Waals surface area contributed by atoms with Gasteiger partial charge in [0.2, 0.25) is 5.56 Å². The fourth-order valence-electron chi connectivity index (χ4n) is 2.46. The van der Waals surface area contributed by atoms with Crippen LogP contribution in [0.2, 0.25) is 0 Å². The third kappa shape index (κ3) is 3.27. The molecule has 0 saturated carbocycles. The molecule has 3 rings (SSSR count). The molecule has 0 atom stereocenters. The van der Waals surface area contributed by atoms with Gasteiger partial charge in [-0.05, 0) is 23.8 Å². The fraction of sp³-hybridized carbons (Fsp3) is 0.0588. The van der Waals surface area contributed by atoms with Gasteiger partial charge in [-0.15, -0.1) is 0 Å². The molecule has 6 heteroatoms. The number of aromatic amines is 1. The number of aromatic nitrogens is 1. The van der Waals surface area contributed by atoms with Gasteiger partial charge < -0.3 is 10.7 Å². The minimum absolute atomic E-state index is 0.224. The number of nitrogens with two attached hydrogens (primary N) is 1. The number of nitrogens with zero attached hydrogens (tertiary/aromatic N) is 1. The summed E-state index contributed by atoms with van der Waals surface area (Å²) < 4.78 is 0.962. The van der Waals surface area contributed by atoms with Gasteiger partial charge in [-0.2, -0.15) is 0 Å². The smallest absolute Gasteiger partial charge is 0.319 e. The van der Waals surface area contributed by atoms with E-state index in [1.807, 2.05) is 36.4 Å². The highest BCUT2D eigenvalue weighted by atomic mass is 79.9. The number of amides is 2. The summed E-state index contributed by atoms with van der Waals surface area (Å²) in [6, 6.07) is 14.0. The molecule has 0 aliphatic carbocycles. The van der Waals surface area contributed by atoms with Crippen LogP contribution in [0.3, 0.4) is 0 Å². The number of H-pyrrole nitrogens is 1. The summed E-state index contributed by atoms with van der Waals surface area (Å²) in [5.41, 5.74) is 6.90. The molecule has 3 aromatic rings. The van der Waals surface area contributed by atoms with Crippen molar-refractivity contribution in [2.75, 3.05) is 4.90 Å². The van der Waals surface area contributed by atoms with Gasteiger partial charge in [0.05, 0.1) is 12.2 Å². The number of hydrogen-bond donors (Lipinski definition) is 2. The van der Waals surface area contributed by atoms with Gasteiger partial charge in [0.1, 0.15) is 0 Å². The van der Waals surface area contributed by atoms with Gasteiger partial charge in [-0.25, -0.2) is 4.79 Å². The number of nitrogens with one attached hydrogen (secondary N) is 1. The minimum atomic E-state index is -0.569. The summed E-state index contributed by atoms with van der Waals surface area (Å²) in [6.45, 7) is 0.328. The third-order valence-electron chi connectivity index (χ3n) is 3.57. The van der Waals surface area contributed by atoms with Crippen molar-refractivity contribution in [2.24, 2.45) is 5.73 Å². The molecule has 2 amide bonds. The Morgan fingerprint density at radius 3 is 2.61 bits per heavy atom. The van der Waals surface area contributed by atoms with Crippen LogP contribution in [0.15, 0.2) is 64.0 Å². The lowest BCUT2D eigenvalue weighted by Crippen LogP contribution is -2.35. The predicted octanol–water partition coefficient (Wildman–Crippen LogP) is 3.38. The molecule has 1 aromatic heterocycles. The van der Waals surface area contributed by atoms with Crippen molar-refractivity contribution in [2.45, 2.75) is 6.54 Å². The molecular weight excluding hydrogens is 358 g/mol. The van der Waals surface area contributed by atoms with E-state index in [0.717, 1.165) is 15.4 Å². The molecule has 116 valence electrons. The van der Waals surface area contributed by atoms with Gasteiger partial charge in [-0.3, -0.25) is 9.69 Å². The molecule has 0 radical (unpaired) electrons. The Labute approximate surface area is 140 Å². The Bertz CT molecular complexity index is 919. The summed E-state index contributed by atoms with van der Waals surface area (Å²) in [5.74, 6) is 0. The van der Waals surface area contributed by atoms with Crippen molar-refractivity contribution >= 4 is 38.4 Å². The molecular formula is C17H14BrN3O2. The predicted molar refractivity (Wildman–Crippen MR) is 94.5 cm³/mol. The molecule has 3 N–H and O–H groups in total. The van der Waals surface area contributed by atoms with Crippen LogP contribution in [-0.2, 0) is 6.54 Å². The maximum absolute atomic E-state index is 12.0. The van der Waals surface area contributed by atoms with Crippen molar-refractivity contribution in [3.05, 3.63) is 75.1 Å². The van der Waals surface area contributed by atoms with Crippen molar-refractivity contribution in [3.63, 3.8) is 0 Å². The average molecular weight is 372 g/mol. The van der Waals surface area contributed by atoms with Crippen LogP contribution < -0.4 is 16.2 Å². The third-order valence-corrected chi connectivity index (χ3v) is 4.10. The molecule has 0 unspecified atom stereocenters. The Hall–Kier alpha value is -2.60. The summed E-state index contributed by atoms with van der Waals surface area (Å²) in [5, 5.41) is 1.52. The largest absolute Gasteiger partial charge is 0.351 e. The Morgan fingerprint density at radius 1 is 1.17 bits per heavy atom. The van der Waals surface area contributed by atoms with Crippen LogP contribution in [0.1, 0.15) is 5.56 Å². The van der Waals surface area contributed by atoms with Gasteiger partial charge in [0.15, 0.2) is 0 Å². The first-order valence-corrected chi connectivity index (χ1v) is 7.77. The van der Waals surface area contributed by atoms with Gasteiger partial charge >= 0.3 is 6.03 Å². The van der Waals surface area contributed by atoms with E-state index in [1.165, 1.54) is 11.0 Å². The molecule has 1 heterocycles. The van der Waals surface area contributed by atoms with Crippen LogP contribution >= 0.6 is 15.9 Å². The van der Waals surface area contributed by atoms with Crippen LogP contribution in [0, 0.1) is 0 Å². The van der Waals surface area contributed by atoms with Crippen LogP contribution in [0.5, 0.6) is 0 Å². The lowest BCUT2D eigenvalue weighted by molar-refractivity contribution is 0.253. The first-order valence-electron chi connectivity index (χ1n) is 6.97. The van der Waals surface area contributed by atoms with E-state index in [-0.39, 0.29) is 5.56 Å². The molecule has 0 saturated heterocycles. The summed E-state index contributed by atoms with van der Waals surface area (Å²) >= 11 is 3.38. The Kier molecular flexibility index (Phi) is 4.16. The number of rotatable bonds is 3. The number of hydrogen-bond acceptors (Lipinski definition) is 2. The van der Waals surface area contributed by atoms with E-state index in [2.05, 4.69) is 20.9 Å². The number of carbonyl (C=O) groups is 1. The van der Waals surface area contributed by atoms with Crippen LogP contribution in [-0.4, -0.2) is 11.0 Å². The summed E-state index contributed by atoms with van der Waals surface area (Å²) in [6.07, 6.45) is 1.62. The summed E-state index contributed by atoms with van der Waals surface area (Å²) in [7, 11) is 0. The first-order chi connectivity index (χ1) is 11.0. The number of primary amides is 1. The zero-order valence-electron chi connectivity index (χ0n) is 12.1. The van der Waals surface area contributed by atoms with Crippen molar-refractivity contribution < 1.29 is 4.79 Å². The number of benzene rings is 2. The lowest BCUT2D eigenvalue weighted by atomic mass is 10.1. The molecule has 2 aromatic carbocycles. The van der Waals surface area contributed by atoms with E-state index >= 15 is 0 Å². The fourth-order valence-corrected chi connectivity index (χ4v) is 2.73. The van der Waals surface area contributed by atoms with E-state index in [4.69, 9.17) is 5.73 Å². The second-order valence-electron chi connectivity index (χ2n) is 5.13. The first kappa shape index (κ1) is 15.3. The molecule has 23 heavy (non-hydrogen) atoms. The lowest BCUT2D eigenvalue weighted by Gasteiger charge is -2.22. The molecule has 0 spiro atoms. The number of halogens is 1. The molecule has 5 nitrogen and oxygen atoms in total. The molecule has 0 fully saturated rings. The van der Waals surface area contributed by atoms with Crippen molar-refractivity contribution in [1.29, 1.82) is 0 Å². The SMILES string of the molecule is NC(=O)N(Cc1ccc(Br)cc1)c1cccc2c[nH]c(=O)cc12. The quantitative estimate of drug-likeness (QED) is 0.739. The Morgan fingerprint density at radius 2 is 1.91 bits per heavy atom. The van der Waals surface area contributed by atoms with Gasteiger partial charge in [-0.1, -0.05) is 40.2 Å². The second kappa shape index (κ2) is 6.26. The minimum Gasteiger partial charge on any atom is -0.351 e. The highest BCUT2D eigenvalue weighted by Crippen LogP contribution is 2.26. The monoisotopic (exact) mass is 371 g/mol. The topological polar surface area (TPSA) is 79.2 Å². The van der Waals surface area contributed by atoms with Gasteiger partial charge in [0, 0.05) is 27.5 Å². The van der Waals surface area contributed by atoms with E-state index < -0.39 is 6.03 Å². The van der Waals surface area contributed by atoms with Gasteiger partial charge in [0.25, 0.3) is 0 Å². The van der Waals surface area contributed by atoms with Crippen molar-refractivity contribution in [1.82, 2.24) is 4.98 Å². The maximum Gasteiger partial charge on any atom is 0.319 e. The van der Waals surface area contributed by atoms with E-state index in [1.54, 1.807) is 12.3 Å². The number of urea groups is 1. The highest BCUT2D eigenvalue weighted by Gasteiger charge is 2.16. The molecule has 0 aliphatic rings. The molecule has 0 bridgehead atoms. The average Bonchev–Trinajstić information content (AvgIpc) is 2.53. The number of anilines is 1. The normalized spacial score (nSPS) is 10.7. The maximum atomic E-state index is 12.0. The standard InChI is InChI=1S/C17H14BrN3O2/c18-13-6-4-11(5-7-13)10-21(17(19)23)15-3-1-2-12-9-20-16(22)8-14(12)15/h1-9H,10H2,(H2,19,23)(H,20,22). The highest BCUT2D eigenvalue weighted by molar-refractivity contribution is 9.10.